The van der Waals surface area contributed by atoms with Gasteiger partial charge in [0.05, 0.1) is 0 Å². The van der Waals surface area contributed by atoms with Crippen LogP contribution in [0.15, 0.2) is 4.34 Å². The van der Waals surface area contributed by atoms with E-state index >= 15 is 0 Å². The standard InChI is InChI=1S/C11H23N5O2S2/c1-4-16(5-2)8-6-7-9(3)15-20(17,18)11-14-13-10(12)19-11/h9,15H,4-8H2,1-3H3,(H2,12,13). The molecule has 1 rings (SSSR count). The van der Waals surface area contributed by atoms with Crippen LogP contribution in [0.4, 0.5) is 5.13 Å². The molecule has 9 heteroatoms. The van der Waals surface area contributed by atoms with Crippen LogP contribution < -0.4 is 10.5 Å². The van der Waals surface area contributed by atoms with E-state index in [0.717, 1.165) is 43.8 Å². The number of nitrogens with two attached hydrogens (primary N) is 1. The minimum Gasteiger partial charge on any atom is -0.374 e. The van der Waals surface area contributed by atoms with E-state index in [1.807, 2.05) is 6.92 Å². The summed E-state index contributed by atoms with van der Waals surface area (Å²) >= 11 is 0.870. The highest BCUT2D eigenvalue weighted by Crippen LogP contribution is 2.17. The fourth-order valence-electron chi connectivity index (χ4n) is 1.86. The van der Waals surface area contributed by atoms with Gasteiger partial charge in [0.25, 0.3) is 10.0 Å². The zero-order valence-electron chi connectivity index (χ0n) is 12.2. The maximum absolute atomic E-state index is 12.0. The Balaban J connectivity index is 2.44. The minimum absolute atomic E-state index is 0.0782. The molecule has 0 saturated carbocycles. The fraction of sp³-hybridized carbons (Fsp3) is 0.818. The Kier molecular flexibility index (Phi) is 6.80. The SMILES string of the molecule is CCN(CC)CCCC(C)NS(=O)(=O)c1nnc(N)s1. The zero-order chi connectivity index (χ0) is 15.2. The average molecular weight is 321 g/mol. The van der Waals surface area contributed by atoms with Gasteiger partial charge in [0.15, 0.2) is 0 Å². The van der Waals surface area contributed by atoms with Crippen molar-refractivity contribution in [3.63, 3.8) is 0 Å². The number of rotatable bonds is 9. The number of hydrogen-bond acceptors (Lipinski definition) is 7. The van der Waals surface area contributed by atoms with E-state index in [4.69, 9.17) is 5.73 Å². The van der Waals surface area contributed by atoms with Crippen molar-refractivity contribution < 1.29 is 8.42 Å². The van der Waals surface area contributed by atoms with Gasteiger partial charge in [-0.3, -0.25) is 0 Å². The van der Waals surface area contributed by atoms with Crippen molar-refractivity contribution in [3.05, 3.63) is 0 Å². The summed E-state index contributed by atoms with van der Waals surface area (Å²) in [6.45, 7) is 9.10. The molecule has 0 amide bonds. The van der Waals surface area contributed by atoms with E-state index in [9.17, 15) is 8.42 Å². The zero-order valence-corrected chi connectivity index (χ0v) is 13.8. The molecule has 7 nitrogen and oxygen atoms in total. The molecule has 1 unspecified atom stereocenters. The van der Waals surface area contributed by atoms with Gasteiger partial charge in [-0.15, -0.1) is 10.2 Å². The van der Waals surface area contributed by atoms with Crippen LogP contribution in [-0.4, -0.2) is 49.2 Å². The van der Waals surface area contributed by atoms with Crippen LogP contribution >= 0.6 is 11.3 Å². The Hall–Kier alpha value is -0.770. The third kappa shape index (κ3) is 5.31. The first-order chi connectivity index (χ1) is 9.39. The van der Waals surface area contributed by atoms with Gasteiger partial charge in [0.1, 0.15) is 0 Å². The Morgan fingerprint density at radius 3 is 2.50 bits per heavy atom. The van der Waals surface area contributed by atoms with Crippen molar-refractivity contribution in [2.45, 2.75) is 44.0 Å². The van der Waals surface area contributed by atoms with Gasteiger partial charge in [-0.1, -0.05) is 25.2 Å². The lowest BCUT2D eigenvalue weighted by Gasteiger charge is -2.19. The maximum atomic E-state index is 12.0. The smallest absolute Gasteiger partial charge is 0.270 e. The Bertz CT molecular complexity index is 499. The molecule has 1 aromatic rings. The fourth-order valence-corrected chi connectivity index (χ4v) is 3.94. The number of aromatic nitrogens is 2. The number of sulfonamides is 1. The third-order valence-electron chi connectivity index (χ3n) is 3.01. The monoisotopic (exact) mass is 321 g/mol. The second-order valence-corrected chi connectivity index (χ2v) is 7.49. The van der Waals surface area contributed by atoms with Gasteiger partial charge >= 0.3 is 0 Å². The predicted molar refractivity (Wildman–Crippen MR) is 81.1 cm³/mol. The lowest BCUT2D eigenvalue weighted by Crippen LogP contribution is -2.33. The minimum atomic E-state index is -3.60. The molecule has 0 aliphatic heterocycles. The van der Waals surface area contributed by atoms with Crippen LogP contribution in [0.5, 0.6) is 0 Å². The third-order valence-corrected chi connectivity index (χ3v) is 5.72. The molecular formula is C11H23N5O2S2. The van der Waals surface area contributed by atoms with E-state index in [1.54, 1.807) is 0 Å². The van der Waals surface area contributed by atoms with Crippen LogP contribution in [0.2, 0.25) is 0 Å². The number of nitrogens with one attached hydrogen (secondary N) is 1. The van der Waals surface area contributed by atoms with E-state index in [1.165, 1.54) is 0 Å². The van der Waals surface area contributed by atoms with Crippen molar-refractivity contribution >= 4 is 26.5 Å². The van der Waals surface area contributed by atoms with Gasteiger partial charge in [0, 0.05) is 6.04 Å². The van der Waals surface area contributed by atoms with Gasteiger partial charge < -0.3 is 10.6 Å². The highest BCUT2D eigenvalue weighted by Gasteiger charge is 2.21. The number of anilines is 1. The summed E-state index contributed by atoms with van der Waals surface area (Å²) in [5.74, 6) is 0. The predicted octanol–water partition coefficient (Wildman–Crippen LogP) is 0.909. The average Bonchev–Trinajstić information content (AvgIpc) is 2.81. The van der Waals surface area contributed by atoms with Gasteiger partial charge in [0.2, 0.25) is 9.47 Å². The lowest BCUT2D eigenvalue weighted by molar-refractivity contribution is 0.293. The molecular weight excluding hydrogens is 298 g/mol. The van der Waals surface area contributed by atoms with Crippen LogP contribution in [-0.2, 0) is 10.0 Å². The summed E-state index contributed by atoms with van der Waals surface area (Å²) in [7, 11) is -3.60. The molecule has 1 aromatic heterocycles. The summed E-state index contributed by atoms with van der Waals surface area (Å²) in [5.41, 5.74) is 5.40. The van der Waals surface area contributed by atoms with Crippen molar-refractivity contribution in [2.24, 2.45) is 0 Å². The topological polar surface area (TPSA) is 101 Å². The summed E-state index contributed by atoms with van der Waals surface area (Å²) in [4.78, 5) is 2.31. The summed E-state index contributed by atoms with van der Waals surface area (Å²) < 4.78 is 26.5. The Morgan fingerprint density at radius 1 is 1.35 bits per heavy atom. The second kappa shape index (κ2) is 7.87. The van der Waals surface area contributed by atoms with Crippen molar-refractivity contribution in [2.75, 3.05) is 25.4 Å². The van der Waals surface area contributed by atoms with Crippen molar-refractivity contribution in [1.29, 1.82) is 0 Å². The van der Waals surface area contributed by atoms with Crippen LogP contribution in [0.1, 0.15) is 33.6 Å². The van der Waals surface area contributed by atoms with Gasteiger partial charge in [-0.05, 0) is 39.4 Å². The summed E-state index contributed by atoms with van der Waals surface area (Å²) in [6, 6.07) is -0.138. The first-order valence-corrected chi connectivity index (χ1v) is 9.02. The molecule has 0 spiro atoms. The molecule has 0 aliphatic rings. The highest BCUT2D eigenvalue weighted by molar-refractivity contribution is 7.91. The largest absolute Gasteiger partial charge is 0.374 e. The van der Waals surface area contributed by atoms with Gasteiger partial charge in [-0.25, -0.2) is 13.1 Å². The van der Waals surface area contributed by atoms with Crippen molar-refractivity contribution in [3.8, 4) is 0 Å². The van der Waals surface area contributed by atoms with Crippen molar-refractivity contribution in [1.82, 2.24) is 19.8 Å². The molecule has 0 radical (unpaired) electrons. The van der Waals surface area contributed by atoms with Crippen LogP contribution in [0.3, 0.4) is 0 Å². The first-order valence-electron chi connectivity index (χ1n) is 6.72. The molecule has 0 saturated heterocycles. The molecule has 1 atom stereocenters. The molecule has 0 fully saturated rings. The van der Waals surface area contributed by atoms with Crippen LogP contribution in [0.25, 0.3) is 0 Å². The quantitative estimate of drug-likeness (QED) is 0.701. The molecule has 0 aliphatic carbocycles. The molecule has 3 N–H and O–H groups in total. The van der Waals surface area contributed by atoms with E-state index in [0.29, 0.717) is 0 Å². The van der Waals surface area contributed by atoms with E-state index in [-0.39, 0.29) is 15.5 Å². The molecule has 1 heterocycles. The number of nitrogens with zero attached hydrogens (tertiary/aromatic N) is 3. The Labute approximate surface area is 124 Å². The molecule has 0 aromatic carbocycles. The maximum Gasteiger partial charge on any atom is 0.270 e. The number of hydrogen-bond donors (Lipinski definition) is 2. The van der Waals surface area contributed by atoms with Crippen LogP contribution in [0, 0.1) is 0 Å². The molecule has 20 heavy (non-hydrogen) atoms. The van der Waals surface area contributed by atoms with E-state index < -0.39 is 10.0 Å². The number of nitrogen functional groups attached to an aromatic ring is 1. The molecule has 0 bridgehead atoms. The first kappa shape index (κ1) is 17.3. The molecule has 116 valence electrons. The highest BCUT2D eigenvalue weighted by atomic mass is 32.2. The van der Waals surface area contributed by atoms with Gasteiger partial charge in [-0.2, -0.15) is 0 Å². The second-order valence-electron chi connectivity index (χ2n) is 4.60. The summed E-state index contributed by atoms with van der Waals surface area (Å²) in [6.07, 6.45) is 1.73. The van der Waals surface area contributed by atoms with E-state index in [2.05, 4.69) is 33.7 Å². The normalized spacial score (nSPS) is 13.8. The lowest BCUT2D eigenvalue weighted by atomic mass is 10.2. The summed E-state index contributed by atoms with van der Waals surface area (Å²) in [5, 5.41) is 7.23. The Morgan fingerprint density at radius 2 is 2.00 bits per heavy atom.